The van der Waals surface area contributed by atoms with Crippen LogP contribution < -0.4 is 16.2 Å². The van der Waals surface area contributed by atoms with Crippen molar-refractivity contribution in [3.63, 3.8) is 0 Å². The van der Waals surface area contributed by atoms with Crippen LogP contribution in [0.4, 0.5) is 10.5 Å². The molecule has 5 heteroatoms. The zero-order valence-corrected chi connectivity index (χ0v) is 7.82. The molecule has 0 fully saturated rings. The summed E-state index contributed by atoms with van der Waals surface area (Å²) in [5.74, 6) is 0.575. The molecular formula is C9H12N2O3. The van der Waals surface area contributed by atoms with Crippen molar-refractivity contribution in [1.82, 2.24) is 0 Å². The summed E-state index contributed by atoms with van der Waals surface area (Å²) in [5.41, 5.74) is 11.7. The van der Waals surface area contributed by atoms with Gasteiger partial charge in [-0.2, -0.15) is 0 Å². The lowest BCUT2D eigenvalue weighted by atomic mass is 10.2. The molecule has 0 unspecified atom stereocenters. The lowest BCUT2D eigenvalue weighted by molar-refractivity contribution is 0.149. The second-order valence-corrected chi connectivity index (χ2v) is 2.68. The molecule has 1 aromatic carbocycles. The van der Waals surface area contributed by atoms with Crippen molar-refractivity contribution in [2.24, 2.45) is 5.73 Å². The van der Waals surface area contributed by atoms with E-state index in [1.165, 1.54) is 7.11 Å². The molecule has 0 saturated carbocycles. The van der Waals surface area contributed by atoms with Crippen LogP contribution in [-0.2, 0) is 11.3 Å². The fourth-order valence-corrected chi connectivity index (χ4v) is 1.03. The second-order valence-electron chi connectivity index (χ2n) is 2.68. The highest BCUT2D eigenvalue weighted by atomic mass is 16.5. The van der Waals surface area contributed by atoms with Gasteiger partial charge < -0.3 is 20.9 Å². The van der Waals surface area contributed by atoms with E-state index in [0.717, 1.165) is 5.56 Å². The number of nitrogens with two attached hydrogens (primary N) is 2. The van der Waals surface area contributed by atoms with E-state index >= 15 is 0 Å². The van der Waals surface area contributed by atoms with Gasteiger partial charge >= 0.3 is 6.09 Å². The molecule has 0 aliphatic carbocycles. The van der Waals surface area contributed by atoms with Crippen molar-refractivity contribution >= 4 is 11.8 Å². The predicted octanol–water partition coefficient (Wildman–Crippen LogP) is 0.873. The number of hydrogen-bond donors (Lipinski definition) is 2. The van der Waals surface area contributed by atoms with Gasteiger partial charge in [-0.3, -0.25) is 0 Å². The minimum atomic E-state index is -0.816. The number of carbonyl (C=O) groups is 1. The van der Waals surface area contributed by atoms with Crippen LogP contribution in [0.25, 0.3) is 0 Å². The number of amides is 1. The summed E-state index contributed by atoms with van der Waals surface area (Å²) in [5, 5.41) is 0. The zero-order valence-electron chi connectivity index (χ0n) is 7.82. The number of methoxy groups -OCH3 is 1. The van der Waals surface area contributed by atoms with Crippen molar-refractivity contribution in [3.8, 4) is 5.75 Å². The second kappa shape index (κ2) is 4.36. The molecule has 0 aromatic heterocycles. The Bertz CT molecular complexity index is 339. The summed E-state index contributed by atoms with van der Waals surface area (Å²) >= 11 is 0. The fourth-order valence-electron chi connectivity index (χ4n) is 1.03. The minimum Gasteiger partial charge on any atom is -0.496 e. The normalized spacial score (nSPS) is 9.50. The average molecular weight is 196 g/mol. The quantitative estimate of drug-likeness (QED) is 0.702. The van der Waals surface area contributed by atoms with E-state index < -0.39 is 6.09 Å². The highest BCUT2D eigenvalue weighted by molar-refractivity contribution is 5.64. The molecule has 0 radical (unpaired) electrons. The van der Waals surface area contributed by atoms with Gasteiger partial charge in [-0.25, -0.2) is 4.79 Å². The molecule has 0 bridgehead atoms. The maximum absolute atomic E-state index is 10.4. The van der Waals surface area contributed by atoms with Crippen molar-refractivity contribution < 1.29 is 14.3 Å². The smallest absolute Gasteiger partial charge is 0.404 e. The van der Waals surface area contributed by atoms with Gasteiger partial charge in [-0.1, -0.05) is 0 Å². The van der Waals surface area contributed by atoms with Crippen molar-refractivity contribution in [3.05, 3.63) is 23.8 Å². The maximum Gasteiger partial charge on any atom is 0.404 e. The first-order chi connectivity index (χ1) is 6.63. The van der Waals surface area contributed by atoms with Gasteiger partial charge in [-0.15, -0.1) is 0 Å². The Labute approximate surface area is 81.6 Å². The summed E-state index contributed by atoms with van der Waals surface area (Å²) in [4.78, 5) is 10.4. The molecule has 1 amide bonds. The Morgan fingerprint density at radius 3 is 2.79 bits per heavy atom. The first-order valence-corrected chi connectivity index (χ1v) is 3.98. The lowest BCUT2D eigenvalue weighted by Gasteiger charge is -2.08. The average Bonchev–Trinajstić information content (AvgIpc) is 2.15. The predicted molar refractivity (Wildman–Crippen MR) is 51.8 cm³/mol. The maximum atomic E-state index is 10.4. The van der Waals surface area contributed by atoms with Crippen molar-refractivity contribution in [2.45, 2.75) is 6.61 Å². The SMILES string of the molecule is COc1cc(N)ccc1COC(N)=O. The van der Waals surface area contributed by atoms with E-state index in [4.69, 9.17) is 16.2 Å². The van der Waals surface area contributed by atoms with E-state index in [9.17, 15) is 4.79 Å². The van der Waals surface area contributed by atoms with Gasteiger partial charge in [0.25, 0.3) is 0 Å². The third-order valence-electron chi connectivity index (χ3n) is 1.68. The van der Waals surface area contributed by atoms with Crippen LogP contribution in [0.2, 0.25) is 0 Å². The summed E-state index contributed by atoms with van der Waals surface area (Å²) in [6, 6.07) is 5.07. The Kier molecular flexibility index (Phi) is 3.17. The zero-order chi connectivity index (χ0) is 10.6. The van der Waals surface area contributed by atoms with Crippen LogP contribution in [0.3, 0.4) is 0 Å². The standard InChI is InChI=1S/C9H12N2O3/c1-13-8-4-7(10)3-2-6(8)5-14-9(11)12/h2-4H,5,10H2,1H3,(H2,11,12). The van der Waals surface area contributed by atoms with Gasteiger partial charge in [0.1, 0.15) is 12.4 Å². The molecule has 0 aliphatic rings. The molecule has 0 heterocycles. The van der Waals surface area contributed by atoms with E-state index in [0.29, 0.717) is 11.4 Å². The first kappa shape index (κ1) is 10.2. The van der Waals surface area contributed by atoms with E-state index in [1.54, 1.807) is 18.2 Å². The third kappa shape index (κ3) is 2.55. The number of hydrogen-bond acceptors (Lipinski definition) is 4. The number of rotatable bonds is 3. The molecule has 14 heavy (non-hydrogen) atoms. The number of nitrogen functional groups attached to an aromatic ring is 1. The van der Waals surface area contributed by atoms with E-state index in [-0.39, 0.29) is 6.61 Å². The number of ether oxygens (including phenoxy) is 2. The van der Waals surface area contributed by atoms with Gasteiger partial charge in [0.2, 0.25) is 0 Å². The van der Waals surface area contributed by atoms with Crippen LogP contribution in [0.15, 0.2) is 18.2 Å². The monoisotopic (exact) mass is 196 g/mol. The van der Waals surface area contributed by atoms with Crippen LogP contribution in [0.1, 0.15) is 5.56 Å². The molecule has 0 saturated heterocycles. The van der Waals surface area contributed by atoms with Gasteiger partial charge in [0.15, 0.2) is 0 Å². The third-order valence-corrected chi connectivity index (χ3v) is 1.68. The molecule has 76 valence electrons. The fraction of sp³-hybridized carbons (Fsp3) is 0.222. The molecular weight excluding hydrogens is 184 g/mol. The van der Waals surface area contributed by atoms with Crippen LogP contribution in [0.5, 0.6) is 5.75 Å². The molecule has 0 atom stereocenters. The number of anilines is 1. The topological polar surface area (TPSA) is 87.6 Å². The summed E-state index contributed by atoms with van der Waals surface area (Å²) in [6.45, 7) is 0.0821. The Morgan fingerprint density at radius 1 is 1.50 bits per heavy atom. The van der Waals surface area contributed by atoms with E-state index in [1.807, 2.05) is 0 Å². The summed E-state index contributed by atoms with van der Waals surface area (Å²) < 4.78 is 9.67. The Balaban J connectivity index is 2.80. The van der Waals surface area contributed by atoms with Gasteiger partial charge in [0, 0.05) is 17.3 Å². The van der Waals surface area contributed by atoms with Gasteiger partial charge in [0.05, 0.1) is 7.11 Å². The molecule has 4 N–H and O–H groups in total. The summed E-state index contributed by atoms with van der Waals surface area (Å²) in [6.07, 6.45) is -0.816. The van der Waals surface area contributed by atoms with E-state index in [2.05, 4.69) is 4.74 Å². The highest BCUT2D eigenvalue weighted by Crippen LogP contribution is 2.21. The van der Waals surface area contributed by atoms with Crippen LogP contribution in [0, 0.1) is 0 Å². The van der Waals surface area contributed by atoms with Crippen LogP contribution in [-0.4, -0.2) is 13.2 Å². The minimum absolute atomic E-state index is 0.0821. The molecule has 1 rings (SSSR count). The van der Waals surface area contributed by atoms with Crippen LogP contribution >= 0.6 is 0 Å². The van der Waals surface area contributed by atoms with Gasteiger partial charge in [-0.05, 0) is 12.1 Å². The number of benzene rings is 1. The number of primary amides is 1. The lowest BCUT2D eigenvalue weighted by Crippen LogP contribution is -2.13. The molecule has 0 aliphatic heterocycles. The molecule has 5 nitrogen and oxygen atoms in total. The largest absolute Gasteiger partial charge is 0.496 e. The number of carbonyl (C=O) groups excluding carboxylic acids is 1. The first-order valence-electron chi connectivity index (χ1n) is 3.98. The Morgan fingerprint density at radius 2 is 2.21 bits per heavy atom. The highest BCUT2D eigenvalue weighted by Gasteiger charge is 2.04. The summed E-state index contributed by atoms with van der Waals surface area (Å²) in [7, 11) is 1.52. The van der Waals surface area contributed by atoms with Crippen molar-refractivity contribution in [1.29, 1.82) is 0 Å². The Hall–Kier alpha value is -1.91. The molecule has 0 spiro atoms. The molecule has 1 aromatic rings. The van der Waals surface area contributed by atoms with Crippen molar-refractivity contribution in [2.75, 3.05) is 12.8 Å².